The molecule has 0 aliphatic heterocycles. The lowest BCUT2D eigenvalue weighted by Gasteiger charge is -2.07. The van der Waals surface area contributed by atoms with Crippen LogP contribution in [0, 0.1) is 6.92 Å². The lowest BCUT2D eigenvalue weighted by molar-refractivity contribution is 0.101. The first-order valence-electron chi connectivity index (χ1n) is 5.81. The van der Waals surface area contributed by atoms with E-state index in [9.17, 15) is 4.79 Å². The molecular weight excluding hydrogens is 228 g/mol. The summed E-state index contributed by atoms with van der Waals surface area (Å²) in [6, 6.07) is 9.21. The van der Waals surface area contributed by atoms with E-state index in [1.807, 2.05) is 38.1 Å². The Bertz CT molecular complexity index is 574. The fourth-order valence-corrected chi connectivity index (χ4v) is 1.78. The molecule has 0 bridgehead atoms. The summed E-state index contributed by atoms with van der Waals surface area (Å²) >= 11 is 0. The Balaban J connectivity index is 2.21. The number of nitrogens with zero attached hydrogens (tertiary/aromatic N) is 2. The van der Waals surface area contributed by atoms with Crippen molar-refractivity contribution in [3.05, 3.63) is 41.6 Å². The number of nitrogen functional groups attached to an aromatic ring is 1. The molecule has 18 heavy (non-hydrogen) atoms. The van der Waals surface area contributed by atoms with Crippen LogP contribution in [0.3, 0.4) is 0 Å². The zero-order valence-corrected chi connectivity index (χ0v) is 10.5. The third kappa shape index (κ3) is 2.51. The summed E-state index contributed by atoms with van der Waals surface area (Å²) in [6.45, 7) is 4.49. The lowest BCUT2D eigenvalue weighted by Crippen LogP contribution is -2.17. The highest BCUT2D eigenvalue weighted by molar-refractivity contribution is 6.03. The number of nitrogens with two attached hydrogens (primary N) is 1. The molecule has 5 heteroatoms. The van der Waals surface area contributed by atoms with Crippen molar-refractivity contribution < 1.29 is 4.79 Å². The first-order valence-corrected chi connectivity index (χ1v) is 5.81. The van der Waals surface area contributed by atoms with Crippen LogP contribution in [0.25, 0.3) is 0 Å². The van der Waals surface area contributed by atoms with Crippen molar-refractivity contribution in [2.75, 3.05) is 11.1 Å². The molecule has 0 saturated carbocycles. The topological polar surface area (TPSA) is 72.9 Å². The van der Waals surface area contributed by atoms with Crippen molar-refractivity contribution in [2.45, 2.75) is 20.4 Å². The number of nitrogens with one attached hydrogen (secondary N) is 1. The molecule has 0 radical (unpaired) electrons. The molecule has 94 valence electrons. The number of aromatic nitrogens is 2. The van der Waals surface area contributed by atoms with E-state index >= 15 is 0 Å². The van der Waals surface area contributed by atoms with Gasteiger partial charge in [-0.3, -0.25) is 9.48 Å². The van der Waals surface area contributed by atoms with Gasteiger partial charge in [-0.05, 0) is 31.5 Å². The van der Waals surface area contributed by atoms with Crippen LogP contribution in [0.5, 0.6) is 0 Å². The Morgan fingerprint density at radius 1 is 1.44 bits per heavy atom. The van der Waals surface area contributed by atoms with Gasteiger partial charge in [0.15, 0.2) is 0 Å². The Morgan fingerprint density at radius 3 is 2.89 bits per heavy atom. The highest BCUT2D eigenvalue weighted by Gasteiger charge is 2.13. The first-order chi connectivity index (χ1) is 8.60. The number of benzene rings is 1. The zero-order valence-electron chi connectivity index (χ0n) is 10.5. The van der Waals surface area contributed by atoms with Crippen LogP contribution in [0.15, 0.2) is 30.3 Å². The van der Waals surface area contributed by atoms with Crippen molar-refractivity contribution in [2.24, 2.45) is 0 Å². The van der Waals surface area contributed by atoms with Gasteiger partial charge < -0.3 is 11.1 Å². The maximum absolute atomic E-state index is 12.1. The summed E-state index contributed by atoms with van der Waals surface area (Å²) in [4.78, 5) is 12.1. The van der Waals surface area contributed by atoms with Gasteiger partial charge in [0.05, 0.1) is 0 Å². The average molecular weight is 244 g/mol. The van der Waals surface area contributed by atoms with E-state index in [0.717, 1.165) is 11.3 Å². The Labute approximate surface area is 106 Å². The van der Waals surface area contributed by atoms with Crippen LogP contribution >= 0.6 is 0 Å². The molecule has 5 nitrogen and oxygen atoms in total. The van der Waals surface area contributed by atoms with Gasteiger partial charge in [0.2, 0.25) is 0 Å². The van der Waals surface area contributed by atoms with Crippen LogP contribution in [-0.4, -0.2) is 15.7 Å². The maximum Gasteiger partial charge on any atom is 0.274 e. The lowest BCUT2D eigenvalue weighted by atomic mass is 10.2. The van der Waals surface area contributed by atoms with E-state index in [0.29, 0.717) is 18.1 Å². The first kappa shape index (κ1) is 12.2. The van der Waals surface area contributed by atoms with Crippen LogP contribution in [0.2, 0.25) is 0 Å². The number of hydrogen-bond acceptors (Lipinski definition) is 3. The van der Waals surface area contributed by atoms with E-state index in [1.54, 1.807) is 10.7 Å². The number of carbonyl (C=O) groups is 1. The van der Waals surface area contributed by atoms with Gasteiger partial charge in [-0.15, -0.1) is 0 Å². The zero-order chi connectivity index (χ0) is 13.1. The molecule has 0 saturated heterocycles. The fraction of sp³-hybridized carbons (Fsp3) is 0.231. The smallest absolute Gasteiger partial charge is 0.274 e. The van der Waals surface area contributed by atoms with Crippen molar-refractivity contribution in [3.63, 3.8) is 0 Å². The normalized spacial score (nSPS) is 10.3. The predicted octanol–water partition coefficient (Wildman–Crippen LogP) is 2.05. The van der Waals surface area contributed by atoms with E-state index in [-0.39, 0.29) is 5.91 Å². The molecule has 1 heterocycles. The Kier molecular flexibility index (Phi) is 3.32. The highest BCUT2D eigenvalue weighted by Crippen LogP contribution is 2.13. The van der Waals surface area contributed by atoms with Crippen LogP contribution in [0.1, 0.15) is 23.0 Å². The molecular formula is C13H16N4O. The summed E-state index contributed by atoms with van der Waals surface area (Å²) in [5.74, 6) is 0.151. The quantitative estimate of drug-likeness (QED) is 0.867. The van der Waals surface area contributed by atoms with E-state index in [1.165, 1.54) is 0 Å². The van der Waals surface area contributed by atoms with Crippen LogP contribution in [-0.2, 0) is 6.54 Å². The number of aryl methyl sites for hydroxylation is 2. The maximum atomic E-state index is 12.1. The second kappa shape index (κ2) is 4.91. The average Bonchev–Trinajstić information content (AvgIpc) is 2.70. The van der Waals surface area contributed by atoms with E-state index in [4.69, 9.17) is 5.73 Å². The molecule has 3 N–H and O–H groups in total. The highest BCUT2D eigenvalue weighted by atomic mass is 16.2. The summed E-state index contributed by atoms with van der Waals surface area (Å²) in [5, 5.41) is 6.87. The third-order valence-electron chi connectivity index (χ3n) is 2.61. The molecule has 0 atom stereocenters. The minimum Gasteiger partial charge on any atom is -0.382 e. The third-order valence-corrected chi connectivity index (χ3v) is 2.61. The van der Waals surface area contributed by atoms with Gasteiger partial charge in [0.25, 0.3) is 5.91 Å². The molecule has 0 unspecified atom stereocenters. The molecule has 2 rings (SSSR count). The molecule has 1 aromatic heterocycles. The fourth-order valence-electron chi connectivity index (χ4n) is 1.78. The van der Waals surface area contributed by atoms with Gasteiger partial charge in [-0.1, -0.05) is 12.1 Å². The number of amides is 1. The van der Waals surface area contributed by atoms with Crippen molar-refractivity contribution >= 4 is 17.4 Å². The largest absolute Gasteiger partial charge is 0.382 e. The summed E-state index contributed by atoms with van der Waals surface area (Å²) in [6.07, 6.45) is 0. The van der Waals surface area contributed by atoms with Crippen LogP contribution < -0.4 is 11.1 Å². The minimum absolute atomic E-state index is 0.202. The van der Waals surface area contributed by atoms with E-state index < -0.39 is 0 Å². The van der Waals surface area contributed by atoms with Gasteiger partial charge >= 0.3 is 0 Å². The Morgan fingerprint density at radius 2 is 2.22 bits per heavy atom. The number of rotatable bonds is 3. The number of anilines is 2. The second-order valence-electron chi connectivity index (χ2n) is 4.09. The molecule has 1 aromatic carbocycles. The van der Waals surface area contributed by atoms with E-state index in [2.05, 4.69) is 10.4 Å². The summed E-state index contributed by atoms with van der Waals surface area (Å²) in [5.41, 5.74) is 7.93. The standard InChI is InChI=1S/C13H16N4O/c1-3-17-11(8-12(14)16-17)13(18)15-10-6-4-5-9(2)7-10/h4-8H,3H2,1-2H3,(H2,14,16)(H,15,18). The number of hydrogen-bond donors (Lipinski definition) is 2. The molecule has 0 aliphatic carbocycles. The van der Waals surface area contributed by atoms with Crippen LogP contribution in [0.4, 0.5) is 11.5 Å². The van der Waals surface area contributed by atoms with Crippen molar-refractivity contribution in [1.29, 1.82) is 0 Å². The SMILES string of the molecule is CCn1nc(N)cc1C(=O)Nc1cccc(C)c1. The van der Waals surface area contributed by atoms with Crippen molar-refractivity contribution in [3.8, 4) is 0 Å². The molecule has 2 aromatic rings. The molecule has 0 aliphatic rings. The van der Waals surface area contributed by atoms with Gasteiger partial charge in [0, 0.05) is 18.3 Å². The van der Waals surface area contributed by atoms with Crippen molar-refractivity contribution in [1.82, 2.24) is 9.78 Å². The minimum atomic E-state index is -0.202. The molecule has 0 fully saturated rings. The summed E-state index contributed by atoms with van der Waals surface area (Å²) in [7, 11) is 0. The molecule has 1 amide bonds. The van der Waals surface area contributed by atoms with Gasteiger partial charge in [-0.2, -0.15) is 5.10 Å². The summed E-state index contributed by atoms with van der Waals surface area (Å²) < 4.78 is 1.58. The second-order valence-corrected chi connectivity index (χ2v) is 4.09. The predicted molar refractivity (Wildman–Crippen MR) is 71.4 cm³/mol. The Hall–Kier alpha value is -2.30. The van der Waals surface area contributed by atoms with Gasteiger partial charge in [-0.25, -0.2) is 0 Å². The molecule has 0 spiro atoms. The number of carbonyl (C=O) groups excluding carboxylic acids is 1. The monoisotopic (exact) mass is 244 g/mol. The van der Waals surface area contributed by atoms with Gasteiger partial charge in [0.1, 0.15) is 11.5 Å².